The zero-order chi connectivity index (χ0) is 16.8. The summed E-state index contributed by atoms with van der Waals surface area (Å²) in [7, 11) is 0. The second-order valence-corrected chi connectivity index (χ2v) is 4.79. The second-order valence-electron chi connectivity index (χ2n) is 4.79. The first-order valence-corrected chi connectivity index (χ1v) is 6.92. The molecule has 2 aromatic carbocycles. The quantitative estimate of drug-likeness (QED) is 0.706. The molecule has 0 aliphatic carbocycles. The number of hydrogen-bond acceptors (Lipinski definition) is 4. The van der Waals surface area contributed by atoms with Crippen LogP contribution in [0, 0.1) is 0 Å². The number of carbonyl (C=O) groups excluding carboxylic acids is 2. The van der Waals surface area contributed by atoms with E-state index in [4.69, 9.17) is 5.11 Å². The van der Waals surface area contributed by atoms with Crippen molar-refractivity contribution in [1.82, 2.24) is 5.32 Å². The summed E-state index contributed by atoms with van der Waals surface area (Å²) >= 11 is 0. The third-order valence-electron chi connectivity index (χ3n) is 3.19. The Morgan fingerprint density at radius 2 is 1.43 bits per heavy atom. The highest BCUT2D eigenvalue weighted by molar-refractivity contribution is 6.16. The zero-order valence-corrected chi connectivity index (χ0v) is 12.2. The van der Waals surface area contributed by atoms with E-state index in [9.17, 15) is 19.5 Å². The van der Waals surface area contributed by atoms with Crippen LogP contribution in [0.25, 0.3) is 0 Å². The van der Waals surface area contributed by atoms with Crippen molar-refractivity contribution in [2.45, 2.75) is 6.42 Å². The van der Waals surface area contributed by atoms with Gasteiger partial charge in [0.05, 0.1) is 17.5 Å². The Morgan fingerprint density at radius 1 is 0.870 bits per heavy atom. The van der Waals surface area contributed by atoms with Crippen molar-refractivity contribution in [3.8, 4) is 5.75 Å². The molecule has 1 amide bonds. The van der Waals surface area contributed by atoms with Gasteiger partial charge in [0, 0.05) is 12.1 Å². The topological polar surface area (TPSA) is 104 Å². The molecular weight excluding hydrogens is 298 g/mol. The minimum Gasteiger partial charge on any atom is -0.507 e. The van der Waals surface area contributed by atoms with Crippen LogP contribution in [0.3, 0.4) is 0 Å². The number of carboxylic acid groups (broad SMARTS) is 1. The average molecular weight is 313 g/mol. The monoisotopic (exact) mass is 313 g/mol. The van der Waals surface area contributed by atoms with E-state index in [2.05, 4.69) is 5.32 Å². The summed E-state index contributed by atoms with van der Waals surface area (Å²) in [4.78, 5) is 35.2. The molecule has 2 rings (SSSR count). The van der Waals surface area contributed by atoms with Gasteiger partial charge < -0.3 is 15.5 Å². The van der Waals surface area contributed by atoms with Gasteiger partial charge in [0.25, 0.3) is 5.91 Å². The molecular formula is C17H15NO5. The van der Waals surface area contributed by atoms with Crippen LogP contribution in [0.15, 0.2) is 48.5 Å². The Kier molecular flexibility index (Phi) is 5.09. The molecule has 0 radical (unpaired) electrons. The molecule has 0 spiro atoms. The van der Waals surface area contributed by atoms with Crippen molar-refractivity contribution in [3.05, 3.63) is 65.2 Å². The van der Waals surface area contributed by atoms with Crippen molar-refractivity contribution in [2.75, 3.05) is 6.54 Å². The molecule has 0 unspecified atom stereocenters. The Balaban J connectivity index is 2.27. The SMILES string of the molecule is O=C(O)CCNC(=O)c1ccccc1C(=O)c1ccccc1O. The van der Waals surface area contributed by atoms with Gasteiger partial charge in [0.1, 0.15) is 5.75 Å². The lowest BCUT2D eigenvalue weighted by Gasteiger charge is -2.10. The average Bonchev–Trinajstić information content (AvgIpc) is 2.54. The van der Waals surface area contributed by atoms with Gasteiger partial charge in [0.2, 0.25) is 0 Å². The Bertz CT molecular complexity index is 754. The number of ketones is 1. The van der Waals surface area contributed by atoms with Crippen molar-refractivity contribution in [2.24, 2.45) is 0 Å². The van der Waals surface area contributed by atoms with Gasteiger partial charge in [0.15, 0.2) is 5.78 Å². The maximum Gasteiger partial charge on any atom is 0.305 e. The second kappa shape index (κ2) is 7.22. The van der Waals surface area contributed by atoms with Crippen molar-refractivity contribution in [1.29, 1.82) is 0 Å². The van der Waals surface area contributed by atoms with Gasteiger partial charge in [-0.25, -0.2) is 0 Å². The number of aliphatic carboxylic acids is 1. The summed E-state index contributed by atoms with van der Waals surface area (Å²) in [6.45, 7) is -0.0344. The lowest BCUT2D eigenvalue weighted by molar-refractivity contribution is -0.136. The van der Waals surface area contributed by atoms with Crippen molar-refractivity contribution >= 4 is 17.7 Å². The van der Waals surface area contributed by atoms with E-state index >= 15 is 0 Å². The molecule has 2 aromatic rings. The fourth-order valence-electron chi connectivity index (χ4n) is 2.07. The molecule has 118 valence electrons. The fraction of sp³-hybridized carbons (Fsp3) is 0.118. The summed E-state index contributed by atoms with van der Waals surface area (Å²) in [6, 6.07) is 12.2. The van der Waals surface area contributed by atoms with Crippen LogP contribution >= 0.6 is 0 Å². The molecule has 0 bridgehead atoms. The highest BCUT2D eigenvalue weighted by atomic mass is 16.4. The van der Waals surface area contributed by atoms with E-state index in [0.717, 1.165) is 0 Å². The number of phenols is 1. The summed E-state index contributed by atoms with van der Waals surface area (Å²) in [5.41, 5.74) is 0.367. The van der Waals surface area contributed by atoms with Gasteiger partial charge in [-0.3, -0.25) is 14.4 Å². The van der Waals surface area contributed by atoms with Gasteiger partial charge >= 0.3 is 5.97 Å². The predicted molar refractivity (Wildman–Crippen MR) is 82.6 cm³/mol. The summed E-state index contributed by atoms with van der Waals surface area (Å²) in [5, 5.41) is 20.8. The number of amides is 1. The van der Waals surface area contributed by atoms with Gasteiger partial charge in [-0.15, -0.1) is 0 Å². The van der Waals surface area contributed by atoms with E-state index in [1.165, 1.54) is 24.3 Å². The van der Waals surface area contributed by atoms with E-state index in [-0.39, 0.29) is 35.4 Å². The van der Waals surface area contributed by atoms with Crippen LogP contribution in [-0.4, -0.2) is 34.4 Å². The third-order valence-corrected chi connectivity index (χ3v) is 3.19. The first-order valence-electron chi connectivity index (χ1n) is 6.92. The summed E-state index contributed by atoms with van der Waals surface area (Å²) < 4.78 is 0. The maximum absolute atomic E-state index is 12.5. The van der Waals surface area contributed by atoms with Gasteiger partial charge in [-0.05, 0) is 18.2 Å². The number of aromatic hydroxyl groups is 1. The van der Waals surface area contributed by atoms with Crippen LogP contribution in [0.5, 0.6) is 5.75 Å². The Hall–Kier alpha value is -3.15. The maximum atomic E-state index is 12.5. The highest BCUT2D eigenvalue weighted by Gasteiger charge is 2.19. The summed E-state index contributed by atoms with van der Waals surface area (Å²) in [6.07, 6.45) is -0.207. The van der Waals surface area contributed by atoms with Crippen molar-refractivity contribution in [3.63, 3.8) is 0 Å². The highest BCUT2D eigenvalue weighted by Crippen LogP contribution is 2.21. The summed E-state index contributed by atoms with van der Waals surface area (Å²) in [5.74, 6) is -2.21. The first-order chi connectivity index (χ1) is 11.0. The van der Waals surface area contributed by atoms with E-state index in [1.54, 1.807) is 24.3 Å². The predicted octanol–water partition coefficient (Wildman–Crippen LogP) is 1.83. The lowest BCUT2D eigenvalue weighted by Crippen LogP contribution is -2.27. The number of para-hydroxylation sites is 1. The normalized spacial score (nSPS) is 10.1. The number of benzene rings is 2. The number of carboxylic acids is 1. The largest absolute Gasteiger partial charge is 0.507 e. The van der Waals surface area contributed by atoms with Gasteiger partial charge in [-0.2, -0.15) is 0 Å². The number of nitrogens with one attached hydrogen (secondary N) is 1. The van der Waals surface area contributed by atoms with E-state index in [1.807, 2.05) is 0 Å². The Morgan fingerprint density at radius 3 is 2.04 bits per heavy atom. The fourth-order valence-corrected chi connectivity index (χ4v) is 2.07. The van der Waals surface area contributed by atoms with Crippen molar-refractivity contribution < 1.29 is 24.6 Å². The number of hydrogen-bond donors (Lipinski definition) is 3. The minimum atomic E-state index is -1.02. The molecule has 3 N–H and O–H groups in total. The molecule has 0 atom stereocenters. The van der Waals surface area contributed by atoms with E-state index in [0.29, 0.717) is 0 Å². The standard InChI is InChI=1S/C17H15NO5/c19-14-8-4-3-7-13(14)16(22)11-5-1-2-6-12(11)17(23)18-10-9-15(20)21/h1-8,19H,9-10H2,(H,18,23)(H,20,21). The number of phenolic OH excluding ortho intramolecular Hbond substituents is 1. The smallest absolute Gasteiger partial charge is 0.305 e. The number of carbonyl (C=O) groups is 3. The van der Waals surface area contributed by atoms with Gasteiger partial charge in [-0.1, -0.05) is 30.3 Å². The van der Waals surface area contributed by atoms with Crippen LogP contribution in [0.1, 0.15) is 32.7 Å². The lowest BCUT2D eigenvalue weighted by atomic mass is 9.97. The van der Waals surface area contributed by atoms with Crippen LogP contribution < -0.4 is 5.32 Å². The van der Waals surface area contributed by atoms with Crippen LogP contribution in [0.2, 0.25) is 0 Å². The third kappa shape index (κ3) is 3.94. The molecule has 0 fully saturated rings. The number of rotatable bonds is 6. The molecule has 6 nitrogen and oxygen atoms in total. The van der Waals surface area contributed by atoms with E-state index < -0.39 is 17.7 Å². The molecule has 0 heterocycles. The van der Waals surface area contributed by atoms with Crippen LogP contribution in [0.4, 0.5) is 0 Å². The molecule has 0 aliphatic heterocycles. The molecule has 0 saturated carbocycles. The minimum absolute atomic E-state index is 0.0344. The Labute approximate surface area is 132 Å². The molecule has 23 heavy (non-hydrogen) atoms. The zero-order valence-electron chi connectivity index (χ0n) is 12.2. The molecule has 0 aliphatic rings. The molecule has 6 heteroatoms. The molecule has 0 saturated heterocycles. The van der Waals surface area contributed by atoms with Crippen LogP contribution in [-0.2, 0) is 4.79 Å². The molecule has 0 aromatic heterocycles. The first kappa shape index (κ1) is 16.2.